The smallest absolute Gasteiger partial charge is 0.262 e. The van der Waals surface area contributed by atoms with E-state index in [1.807, 2.05) is 13.0 Å². The topological polar surface area (TPSA) is 100 Å². The summed E-state index contributed by atoms with van der Waals surface area (Å²) < 4.78 is 38.7. The molecule has 0 atom stereocenters. The summed E-state index contributed by atoms with van der Waals surface area (Å²) in [7, 11) is -0.657. The fraction of sp³-hybridized carbons (Fsp3) is 0.250. The SMILES string of the molecule is C=C(C#N)c1c(C)ccc(NS(=O)(=O)c2cccc(OCCOC)c2)c1NC. The quantitative estimate of drug-likeness (QED) is 0.493. The van der Waals surface area contributed by atoms with Crippen LogP contribution >= 0.6 is 0 Å². The van der Waals surface area contributed by atoms with E-state index < -0.39 is 10.0 Å². The van der Waals surface area contributed by atoms with Gasteiger partial charge >= 0.3 is 0 Å². The Hall–Kier alpha value is -3.02. The van der Waals surface area contributed by atoms with Crippen LogP contribution in [0, 0.1) is 18.3 Å². The van der Waals surface area contributed by atoms with Gasteiger partial charge in [-0.15, -0.1) is 0 Å². The van der Waals surface area contributed by atoms with E-state index in [1.165, 1.54) is 12.1 Å². The number of rotatable bonds is 9. The van der Waals surface area contributed by atoms with Gasteiger partial charge in [-0.1, -0.05) is 18.7 Å². The van der Waals surface area contributed by atoms with Crippen LogP contribution in [-0.2, 0) is 14.8 Å². The number of nitrogens with zero attached hydrogens (tertiary/aromatic N) is 1. The predicted octanol–water partition coefficient (Wildman–Crippen LogP) is 3.40. The Morgan fingerprint density at radius 2 is 2.00 bits per heavy atom. The number of benzene rings is 2. The molecule has 0 aromatic heterocycles. The van der Waals surface area contributed by atoms with Crippen LogP contribution in [0.1, 0.15) is 11.1 Å². The van der Waals surface area contributed by atoms with Crippen LogP contribution in [0.5, 0.6) is 5.75 Å². The Kier molecular flexibility index (Phi) is 7.04. The number of allylic oxidation sites excluding steroid dienone is 1. The lowest BCUT2D eigenvalue weighted by Gasteiger charge is -2.18. The second-order valence-electron chi connectivity index (χ2n) is 5.94. The van der Waals surface area contributed by atoms with Gasteiger partial charge in [0.25, 0.3) is 10.0 Å². The van der Waals surface area contributed by atoms with Gasteiger partial charge in [0.2, 0.25) is 0 Å². The summed E-state index contributed by atoms with van der Waals surface area (Å²) in [4.78, 5) is 0.0608. The van der Waals surface area contributed by atoms with Crippen molar-refractivity contribution in [2.24, 2.45) is 0 Å². The first kappa shape index (κ1) is 21.3. The normalized spacial score (nSPS) is 10.8. The van der Waals surface area contributed by atoms with Gasteiger partial charge in [0.15, 0.2) is 0 Å². The lowest BCUT2D eigenvalue weighted by Crippen LogP contribution is -2.15. The number of anilines is 2. The van der Waals surface area contributed by atoms with E-state index in [9.17, 15) is 13.7 Å². The number of aryl methyl sites for hydroxylation is 1. The van der Waals surface area contributed by atoms with Gasteiger partial charge in [0.05, 0.1) is 34.5 Å². The van der Waals surface area contributed by atoms with E-state index in [-0.39, 0.29) is 10.5 Å². The minimum Gasteiger partial charge on any atom is -0.491 e. The largest absolute Gasteiger partial charge is 0.491 e. The molecule has 8 heteroatoms. The molecular formula is C20H23N3O4S. The van der Waals surface area contributed by atoms with Crippen molar-refractivity contribution in [1.82, 2.24) is 0 Å². The van der Waals surface area contributed by atoms with Gasteiger partial charge in [-0.25, -0.2) is 8.42 Å². The van der Waals surface area contributed by atoms with Crippen LogP contribution in [0.2, 0.25) is 0 Å². The zero-order chi connectivity index (χ0) is 20.7. The Morgan fingerprint density at radius 1 is 1.25 bits per heavy atom. The van der Waals surface area contributed by atoms with Gasteiger partial charge in [-0.05, 0) is 30.7 Å². The maximum atomic E-state index is 12.9. The van der Waals surface area contributed by atoms with Gasteiger partial charge in [-0.3, -0.25) is 4.72 Å². The average molecular weight is 401 g/mol. The van der Waals surface area contributed by atoms with Crippen LogP contribution in [0.3, 0.4) is 0 Å². The number of nitrogens with one attached hydrogen (secondary N) is 2. The molecule has 0 aliphatic carbocycles. The highest BCUT2D eigenvalue weighted by atomic mass is 32.2. The number of methoxy groups -OCH3 is 1. The highest BCUT2D eigenvalue weighted by Gasteiger charge is 2.20. The van der Waals surface area contributed by atoms with Crippen LogP contribution in [0.15, 0.2) is 47.9 Å². The standard InChI is InChI=1S/C20H23N3O4S/c1-14-8-9-18(20(22-3)19(14)15(2)13-21)23-28(24,25)17-7-5-6-16(12-17)27-11-10-26-4/h5-9,12,22-23H,2,10-11H2,1,3-4H3. The third-order valence-electron chi connectivity index (χ3n) is 4.02. The minimum atomic E-state index is -3.87. The van der Waals surface area contributed by atoms with Crippen molar-refractivity contribution in [3.05, 3.63) is 54.1 Å². The van der Waals surface area contributed by atoms with Gasteiger partial charge in [0, 0.05) is 25.8 Å². The summed E-state index contributed by atoms with van der Waals surface area (Å²) >= 11 is 0. The molecule has 7 nitrogen and oxygen atoms in total. The van der Waals surface area contributed by atoms with Crippen molar-refractivity contribution in [3.8, 4) is 11.8 Å². The van der Waals surface area contributed by atoms with Crippen LogP contribution < -0.4 is 14.8 Å². The second kappa shape index (κ2) is 9.26. The summed E-state index contributed by atoms with van der Waals surface area (Å²) in [5, 5.41) is 12.2. The molecule has 0 saturated carbocycles. The number of ether oxygens (including phenoxy) is 2. The molecule has 148 valence electrons. The molecule has 0 fully saturated rings. The van der Waals surface area contributed by atoms with Gasteiger partial charge in [-0.2, -0.15) is 5.26 Å². The summed E-state index contributed by atoms with van der Waals surface area (Å²) in [6, 6.07) is 11.6. The van der Waals surface area contributed by atoms with Crippen molar-refractivity contribution in [2.45, 2.75) is 11.8 Å². The molecule has 0 amide bonds. The van der Waals surface area contributed by atoms with Crippen molar-refractivity contribution in [2.75, 3.05) is 37.4 Å². The number of nitriles is 1. The van der Waals surface area contributed by atoms with Gasteiger partial charge in [0.1, 0.15) is 12.4 Å². The van der Waals surface area contributed by atoms with E-state index in [0.717, 1.165) is 5.56 Å². The highest BCUT2D eigenvalue weighted by molar-refractivity contribution is 7.92. The molecule has 28 heavy (non-hydrogen) atoms. The molecule has 0 spiro atoms. The monoisotopic (exact) mass is 401 g/mol. The molecule has 0 radical (unpaired) electrons. The highest BCUT2D eigenvalue weighted by Crippen LogP contribution is 2.34. The molecule has 0 saturated heterocycles. The molecule has 0 bridgehead atoms. The molecule has 0 heterocycles. The van der Waals surface area contributed by atoms with Crippen LogP contribution in [0.4, 0.5) is 11.4 Å². The van der Waals surface area contributed by atoms with Crippen LogP contribution in [-0.4, -0.2) is 35.8 Å². The number of sulfonamides is 1. The Morgan fingerprint density at radius 3 is 2.64 bits per heavy atom. The maximum Gasteiger partial charge on any atom is 0.262 e. The fourth-order valence-electron chi connectivity index (χ4n) is 2.67. The van der Waals surface area contributed by atoms with Gasteiger partial charge < -0.3 is 14.8 Å². The maximum absolute atomic E-state index is 12.9. The zero-order valence-corrected chi connectivity index (χ0v) is 16.9. The van der Waals surface area contributed by atoms with Crippen molar-refractivity contribution < 1.29 is 17.9 Å². The van der Waals surface area contributed by atoms with Crippen molar-refractivity contribution in [3.63, 3.8) is 0 Å². The first-order chi connectivity index (χ1) is 13.3. The van der Waals surface area contributed by atoms with E-state index in [0.29, 0.717) is 35.9 Å². The summed E-state index contributed by atoms with van der Waals surface area (Å²) in [6.45, 7) is 6.29. The lowest BCUT2D eigenvalue weighted by molar-refractivity contribution is 0.146. The Bertz CT molecular complexity index is 1010. The third-order valence-corrected chi connectivity index (χ3v) is 5.38. The third kappa shape index (κ3) is 4.82. The van der Waals surface area contributed by atoms with E-state index in [4.69, 9.17) is 9.47 Å². The van der Waals surface area contributed by atoms with Crippen molar-refractivity contribution in [1.29, 1.82) is 5.26 Å². The Labute approximate surface area is 165 Å². The molecule has 2 aromatic rings. The minimum absolute atomic E-state index is 0.0608. The van der Waals surface area contributed by atoms with E-state index in [1.54, 1.807) is 38.4 Å². The van der Waals surface area contributed by atoms with E-state index in [2.05, 4.69) is 16.6 Å². The summed E-state index contributed by atoms with van der Waals surface area (Å²) in [5.74, 6) is 0.427. The first-order valence-corrected chi connectivity index (χ1v) is 9.97. The summed E-state index contributed by atoms with van der Waals surface area (Å²) in [5.41, 5.74) is 2.44. The average Bonchev–Trinajstić information content (AvgIpc) is 2.68. The number of hydrogen-bond donors (Lipinski definition) is 2. The molecule has 2 N–H and O–H groups in total. The fourth-order valence-corrected chi connectivity index (χ4v) is 3.78. The molecule has 2 rings (SSSR count). The Balaban J connectivity index is 2.39. The number of hydrogen-bond acceptors (Lipinski definition) is 6. The summed E-state index contributed by atoms with van der Waals surface area (Å²) in [6.07, 6.45) is 0. The first-order valence-electron chi connectivity index (χ1n) is 8.49. The lowest BCUT2D eigenvalue weighted by atomic mass is 9.99. The van der Waals surface area contributed by atoms with Crippen molar-refractivity contribution >= 4 is 27.0 Å². The molecular weight excluding hydrogens is 378 g/mol. The molecule has 2 aromatic carbocycles. The van der Waals surface area contributed by atoms with E-state index >= 15 is 0 Å². The second-order valence-corrected chi connectivity index (χ2v) is 7.62. The molecule has 0 aliphatic rings. The van der Waals surface area contributed by atoms with Crippen LogP contribution in [0.25, 0.3) is 5.57 Å². The molecule has 0 aliphatic heterocycles. The predicted molar refractivity (Wildman–Crippen MR) is 110 cm³/mol. The molecule has 0 unspecified atom stereocenters. The zero-order valence-electron chi connectivity index (χ0n) is 16.1.